The standard InChI is InChI=1S/C8H7OS/c1-2-7-5-3-4-6-8(7)10-9/h2-6H,1H2/q+1. The molecule has 0 spiro atoms. The Balaban J connectivity index is 3.20. The maximum atomic E-state index is 10.4. The molecule has 0 radical (unpaired) electrons. The van der Waals surface area contributed by atoms with Crippen LogP contribution in [-0.4, -0.2) is 0 Å². The topological polar surface area (TPSA) is 17.1 Å². The lowest BCUT2D eigenvalue weighted by Gasteiger charge is -1.84. The summed E-state index contributed by atoms with van der Waals surface area (Å²) in [7, 11) is 0. The van der Waals surface area contributed by atoms with Gasteiger partial charge in [-0.25, -0.2) is 0 Å². The molecule has 0 N–H and O–H groups in total. The van der Waals surface area contributed by atoms with E-state index in [2.05, 4.69) is 6.58 Å². The smallest absolute Gasteiger partial charge is 0.0983 e. The van der Waals surface area contributed by atoms with Crippen LogP contribution in [0, 0.1) is 0 Å². The van der Waals surface area contributed by atoms with E-state index >= 15 is 0 Å². The average molecular weight is 151 g/mol. The Labute approximate surface area is 63.9 Å². The van der Waals surface area contributed by atoms with Crippen LogP contribution in [0.1, 0.15) is 5.56 Å². The second-order valence-electron chi connectivity index (χ2n) is 1.83. The zero-order valence-electron chi connectivity index (χ0n) is 5.41. The van der Waals surface area contributed by atoms with Gasteiger partial charge in [-0.3, -0.25) is 0 Å². The lowest BCUT2D eigenvalue weighted by atomic mass is 10.2. The summed E-state index contributed by atoms with van der Waals surface area (Å²) in [4.78, 5) is 0.734. The lowest BCUT2D eigenvalue weighted by Crippen LogP contribution is -1.77. The predicted octanol–water partition coefficient (Wildman–Crippen LogP) is 2.12. The van der Waals surface area contributed by atoms with Crippen LogP contribution >= 0.6 is 0 Å². The fourth-order valence-electron chi connectivity index (χ4n) is 0.725. The van der Waals surface area contributed by atoms with Gasteiger partial charge in [0.15, 0.2) is 0 Å². The van der Waals surface area contributed by atoms with Crippen molar-refractivity contribution in [3.05, 3.63) is 36.4 Å². The Kier molecular flexibility index (Phi) is 2.29. The molecule has 10 heavy (non-hydrogen) atoms. The summed E-state index contributed by atoms with van der Waals surface area (Å²) in [6.45, 7) is 3.59. The summed E-state index contributed by atoms with van der Waals surface area (Å²) < 4.78 is 10.4. The summed E-state index contributed by atoms with van der Waals surface area (Å²) in [5.74, 6) is 0. The summed E-state index contributed by atoms with van der Waals surface area (Å²) >= 11 is 0.499. The maximum Gasteiger partial charge on any atom is 0.505 e. The molecule has 1 nitrogen and oxygen atoms in total. The highest BCUT2D eigenvalue weighted by Crippen LogP contribution is 2.08. The molecule has 1 aromatic carbocycles. The van der Waals surface area contributed by atoms with Crippen LogP contribution in [-0.2, 0) is 15.9 Å². The normalized spacial score (nSPS) is 8.80. The molecule has 0 aliphatic heterocycles. The SMILES string of the molecule is C=Cc1ccccc1[S+]=O. The van der Waals surface area contributed by atoms with Gasteiger partial charge in [0.2, 0.25) is 0 Å². The highest BCUT2D eigenvalue weighted by molar-refractivity contribution is 7.65. The Morgan fingerprint density at radius 3 is 2.60 bits per heavy atom. The number of rotatable bonds is 2. The molecule has 0 heterocycles. The van der Waals surface area contributed by atoms with Crippen LogP contribution in [0.5, 0.6) is 0 Å². The van der Waals surface area contributed by atoms with E-state index in [1.54, 1.807) is 12.1 Å². The molecular formula is C8H7OS+. The summed E-state index contributed by atoms with van der Waals surface area (Å²) in [5.41, 5.74) is 0.905. The van der Waals surface area contributed by atoms with Gasteiger partial charge >= 0.3 is 11.7 Å². The van der Waals surface area contributed by atoms with Crippen molar-refractivity contribution in [2.24, 2.45) is 0 Å². The molecule has 0 unspecified atom stereocenters. The van der Waals surface area contributed by atoms with E-state index in [0.717, 1.165) is 10.5 Å². The lowest BCUT2D eigenvalue weighted by molar-refractivity contribution is 0.605. The average Bonchev–Trinajstić information content (AvgIpc) is 2.04. The van der Waals surface area contributed by atoms with Crippen molar-refractivity contribution in [1.29, 1.82) is 0 Å². The predicted molar refractivity (Wildman–Crippen MR) is 42.9 cm³/mol. The zero-order chi connectivity index (χ0) is 7.40. The highest BCUT2D eigenvalue weighted by atomic mass is 32.1. The van der Waals surface area contributed by atoms with Gasteiger partial charge in [-0.1, -0.05) is 24.8 Å². The van der Waals surface area contributed by atoms with Crippen LogP contribution in [0.25, 0.3) is 6.08 Å². The molecule has 50 valence electrons. The fourth-order valence-corrected chi connectivity index (χ4v) is 1.11. The molecule has 0 amide bonds. The van der Waals surface area contributed by atoms with Crippen LogP contribution in [0.15, 0.2) is 35.7 Å². The molecule has 2 heteroatoms. The molecule has 0 aliphatic carbocycles. The van der Waals surface area contributed by atoms with E-state index in [0.29, 0.717) is 11.7 Å². The van der Waals surface area contributed by atoms with Crippen LogP contribution in [0.3, 0.4) is 0 Å². The Hall–Kier alpha value is -1.02. The van der Waals surface area contributed by atoms with Gasteiger partial charge in [-0.2, -0.15) is 0 Å². The molecule has 1 rings (SSSR count). The van der Waals surface area contributed by atoms with E-state index in [1.165, 1.54) is 0 Å². The van der Waals surface area contributed by atoms with E-state index in [9.17, 15) is 4.21 Å². The maximum absolute atomic E-state index is 10.4. The minimum Gasteiger partial charge on any atom is -0.0983 e. The molecule has 0 aliphatic rings. The quantitative estimate of drug-likeness (QED) is 0.592. The summed E-state index contributed by atoms with van der Waals surface area (Å²) in [6, 6.07) is 7.38. The molecule has 0 saturated heterocycles. The number of hydrogen-bond donors (Lipinski definition) is 0. The Morgan fingerprint density at radius 2 is 2.10 bits per heavy atom. The van der Waals surface area contributed by atoms with Crippen molar-refractivity contribution in [2.45, 2.75) is 4.90 Å². The third-order valence-corrected chi connectivity index (χ3v) is 1.78. The van der Waals surface area contributed by atoms with Crippen molar-refractivity contribution in [3.63, 3.8) is 0 Å². The monoisotopic (exact) mass is 151 g/mol. The van der Waals surface area contributed by atoms with E-state index in [1.807, 2.05) is 18.2 Å². The third kappa shape index (κ3) is 1.28. The zero-order valence-corrected chi connectivity index (χ0v) is 6.23. The van der Waals surface area contributed by atoms with Crippen molar-refractivity contribution < 1.29 is 4.21 Å². The van der Waals surface area contributed by atoms with Crippen molar-refractivity contribution in [1.82, 2.24) is 0 Å². The van der Waals surface area contributed by atoms with Gasteiger partial charge in [0.25, 0.3) is 4.90 Å². The second kappa shape index (κ2) is 3.22. The van der Waals surface area contributed by atoms with Crippen molar-refractivity contribution in [2.75, 3.05) is 0 Å². The van der Waals surface area contributed by atoms with Gasteiger partial charge in [0, 0.05) is 15.8 Å². The molecule has 0 fully saturated rings. The van der Waals surface area contributed by atoms with E-state index in [4.69, 9.17) is 0 Å². The highest BCUT2D eigenvalue weighted by Gasteiger charge is 2.08. The van der Waals surface area contributed by atoms with Crippen LogP contribution < -0.4 is 0 Å². The molecule has 1 aromatic rings. The second-order valence-corrected chi connectivity index (χ2v) is 2.43. The molecule has 0 saturated carbocycles. The summed E-state index contributed by atoms with van der Waals surface area (Å²) in [5, 5.41) is 0. The Morgan fingerprint density at radius 1 is 1.40 bits per heavy atom. The minimum absolute atomic E-state index is 0.499. The van der Waals surface area contributed by atoms with Gasteiger partial charge < -0.3 is 0 Å². The molecule has 0 bridgehead atoms. The van der Waals surface area contributed by atoms with Crippen molar-refractivity contribution >= 4 is 17.7 Å². The first-order valence-corrected chi connectivity index (χ1v) is 3.64. The molecular weight excluding hydrogens is 144 g/mol. The van der Waals surface area contributed by atoms with Crippen molar-refractivity contribution in [3.8, 4) is 0 Å². The third-order valence-electron chi connectivity index (χ3n) is 1.23. The van der Waals surface area contributed by atoms with Gasteiger partial charge in [0.1, 0.15) is 0 Å². The van der Waals surface area contributed by atoms with Gasteiger partial charge in [-0.05, 0) is 6.07 Å². The van der Waals surface area contributed by atoms with E-state index in [-0.39, 0.29) is 0 Å². The number of hydrogen-bond acceptors (Lipinski definition) is 1. The van der Waals surface area contributed by atoms with Gasteiger partial charge in [0.05, 0.1) is 0 Å². The Bertz CT molecular complexity index is 228. The first kappa shape index (κ1) is 7.09. The van der Waals surface area contributed by atoms with Crippen LogP contribution in [0.2, 0.25) is 0 Å². The minimum atomic E-state index is 0.499. The first-order chi connectivity index (χ1) is 4.88. The largest absolute Gasteiger partial charge is 0.505 e. The molecule has 0 aromatic heterocycles. The number of benzene rings is 1. The summed E-state index contributed by atoms with van der Waals surface area (Å²) in [6.07, 6.45) is 1.68. The van der Waals surface area contributed by atoms with E-state index < -0.39 is 0 Å². The van der Waals surface area contributed by atoms with Crippen LogP contribution in [0.4, 0.5) is 0 Å². The first-order valence-electron chi connectivity index (χ1n) is 2.90. The van der Waals surface area contributed by atoms with Gasteiger partial charge in [-0.15, -0.1) is 0 Å². The molecule has 0 atom stereocenters. The fraction of sp³-hybridized carbons (Fsp3) is 0.